The molecule has 0 radical (unpaired) electrons. The summed E-state index contributed by atoms with van der Waals surface area (Å²) in [4.78, 5) is 6.29. The summed E-state index contributed by atoms with van der Waals surface area (Å²) in [5.74, 6) is 0.262. The predicted molar refractivity (Wildman–Crippen MR) is 94.7 cm³/mol. The average Bonchev–Trinajstić information content (AvgIpc) is 2.53. The number of sulfonamides is 1. The molecule has 1 aromatic carbocycles. The van der Waals surface area contributed by atoms with Crippen LogP contribution < -0.4 is 9.62 Å². The van der Waals surface area contributed by atoms with Gasteiger partial charge in [0.2, 0.25) is 0 Å². The number of hydrogen-bond donors (Lipinski definition) is 1. The van der Waals surface area contributed by atoms with Crippen molar-refractivity contribution in [3.05, 3.63) is 47.6 Å². The third-order valence-corrected chi connectivity index (χ3v) is 5.26. The molecule has 0 bridgehead atoms. The maximum absolute atomic E-state index is 12.3. The van der Waals surface area contributed by atoms with Crippen LogP contribution in [0.4, 0.5) is 11.5 Å². The van der Waals surface area contributed by atoms with E-state index in [9.17, 15) is 8.42 Å². The maximum atomic E-state index is 12.3. The fourth-order valence-electron chi connectivity index (χ4n) is 2.05. The van der Waals surface area contributed by atoms with Gasteiger partial charge in [0, 0.05) is 13.6 Å². The van der Waals surface area contributed by atoms with E-state index in [0.717, 1.165) is 25.1 Å². The van der Waals surface area contributed by atoms with Gasteiger partial charge in [0.25, 0.3) is 10.0 Å². The average molecular weight is 354 g/mol. The zero-order chi connectivity index (χ0) is 16.9. The monoisotopic (exact) mass is 353 g/mol. The summed E-state index contributed by atoms with van der Waals surface area (Å²) in [6.07, 6.45) is 3.87. The lowest BCUT2D eigenvalue weighted by Crippen LogP contribution is -2.19. The molecule has 1 aromatic heterocycles. The van der Waals surface area contributed by atoms with Crippen molar-refractivity contribution in [3.8, 4) is 0 Å². The van der Waals surface area contributed by atoms with Crippen LogP contribution in [0.5, 0.6) is 0 Å². The Labute approximate surface area is 142 Å². The van der Waals surface area contributed by atoms with Crippen LogP contribution >= 0.6 is 11.6 Å². The number of hydrogen-bond acceptors (Lipinski definition) is 4. The van der Waals surface area contributed by atoms with Gasteiger partial charge in [-0.3, -0.25) is 4.72 Å². The van der Waals surface area contributed by atoms with Gasteiger partial charge in [-0.05, 0) is 30.7 Å². The van der Waals surface area contributed by atoms with Crippen molar-refractivity contribution < 1.29 is 8.42 Å². The normalized spacial score (nSPS) is 11.3. The van der Waals surface area contributed by atoms with E-state index < -0.39 is 10.0 Å². The van der Waals surface area contributed by atoms with E-state index in [0.29, 0.717) is 0 Å². The Morgan fingerprint density at radius 2 is 1.96 bits per heavy atom. The quantitative estimate of drug-likeness (QED) is 0.823. The lowest BCUT2D eigenvalue weighted by molar-refractivity contribution is 0.601. The van der Waals surface area contributed by atoms with Crippen molar-refractivity contribution in [1.29, 1.82) is 0 Å². The van der Waals surface area contributed by atoms with Crippen molar-refractivity contribution in [3.63, 3.8) is 0 Å². The maximum Gasteiger partial charge on any atom is 0.264 e. The molecule has 0 aliphatic carbocycles. The summed E-state index contributed by atoms with van der Waals surface area (Å²) in [5.41, 5.74) is 0.944. The summed E-state index contributed by atoms with van der Waals surface area (Å²) in [5, 5.41) is 0.177. The van der Waals surface area contributed by atoms with Crippen LogP contribution in [0.3, 0.4) is 0 Å². The molecule has 1 heterocycles. The van der Waals surface area contributed by atoms with Gasteiger partial charge in [-0.1, -0.05) is 37.1 Å². The number of benzene rings is 1. The first-order valence-electron chi connectivity index (χ1n) is 7.38. The highest BCUT2D eigenvalue weighted by molar-refractivity contribution is 7.92. The molecular weight excluding hydrogens is 334 g/mol. The highest BCUT2D eigenvalue weighted by atomic mass is 35.5. The number of nitrogens with zero attached hydrogens (tertiary/aromatic N) is 2. The number of halogens is 1. The molecule has 0 spiro atoms. The summed E-state index contributed by atoms with van der Waals surface area (Å²) < 4.78 is 27.1. The number of unbranched alkanes of at least 4 members (excludes halogenated alkanes) is 1. The van der Waals surface area contributed by atoms with Gasteiger partial charge >= 0.3 is 0 Å². The van der Waals surface area contributed by atoms with Crippen LogP contribution in [0.1, 0.15) is 19.8 Å². The van der Waals surface area contributed by atoms with Gasteiger partial charge in [0.1, 0.15) is 10.7 Å². The topological polar surface area (TPSA) is 62.3 Å². The molecule has 5 nitrogen and oxygen atoms in total. The van der Waals surface area contributed by atoms with E-state index in [1.54, 1.807) is 24.4 Å². The predicted octanol–water partition coefficient (Wildman–Crippen LogP) is 3.77. The third-order valence-electron chi connectivity index (χ3n) is 3.40. The van der Waals surface area contributed by atoms with E-state index >= 15 is 0 Å². The number of rotatable bonds is 7. The van der Waals surface area contributed by atoms with Gasteiger partial charge < -0.3 is 4.90 Å². The lowest BCUT2D eigenvalue weighted by atomic mass is 10.3. The standard InChI is InChI=1S/C16H20ClN3O2S/c1-3-4-11-20(2)13-9-10-16(18-12-13)19-23(21,22)15-8-6-5-7-14(15)17/h5-10,12H,3-4,11H2,1-2H3,(H,18,19). The summed E-state index contributed by atoms with van der Waals surface area (Å²) in [7, 11) is -1.76. The largest absolute Gasteiger partial charge is 0.373 e. The Balaban J connectivity index is 2.13. The van der Waals surface area contributed by atoms with Gasteiger partial charge in [-0.25, -0.2) is 13.4 Å². The number of anilines is 2. The first-order chi connectivity index (χ1) is 10.9. The highest BCUT2D eigenvalue weighted by Crippen LogP contribution is 2.23. The fraction of sp³-hybridized carbons (Fsp3) is 0.312. The molecule has 0 amide bonds. The highest BCUT2D eigenvalue weighted by Gasteiger charge is 2.18. The Morgan fingerprint density at radius 1 is 1.22 bits per heavy atom. The molecule has 0 saturated heterocycles. The van der Waals surface area contributed by atoms with E-state index in [4.69, 9.17) is 11.6 Å². The van der Waals surface area contributed by atoms with E-state index in [-0.39, 0.29) is 15.7 Å². The number of nitrogens with one attached hydrogen (secondary N) is 1. The molecule has 2 rings (SSSR count). The molecule has 7 heteroatoms. The van der Waals surface area contributed by atoms with Crippen LogP contribution in [0, 0.1) is 0 Å². The Kier molecular flexibility index (Phi) is 5.85. The zero-order valence-electron chi connectivity index (χ0n) is 13.2. The van der Waals surface area contributed by atoms with Crippen LogP contribution in [-0.2, 0) is 10.0 Å². The molecule has 0 saturated carbocycles. The number of pyridine rings is 1. The minimum Gasteiger partial charge on any atom is -0.373 e. The molecule has 0 fully saturated rings. The Hall–Kier alpha value is -1.79. The second kappa shape index (κ2) is 7.66. The molecule has 124 valence electrons. The molecular formula is C16H20ClN3O2S. The molecule has 0 unspecified atom stereocenters. The van der Waals surface area contributed by atoms with Gasteiger partial charge in [-0.15, -0.1) is 0 Å². The Bertz CT molecular complexity index is 748. The van der Waals surface area contributed by atoms with E-state index in [1.807, 2.05) is 13.1 Å². The van der Waals surface area contributed by atoms with Crippen molar-refractivity contribution in [1.82, 2.24) is 4.98 Å². The van der Waals surface area contributed by atoms with Gasteiger partial charge in [0.05, 0.1) is 16.9 Å². The first kappa shape index (κ1) is 17.6. The molecule has 0 aliphatic rings. The molecule has 2 aromatic rings. The smallest absolute Gasteiger partial charge is 0.264 e. The molecule has 0 aliphatic heterocycles. The van der Waals surface area contributed by atoms with Crippen LogP contribution in [-0.4, -0.2) is 27.0 Å². The summed E-state index contributed by atoms with van der Waals surface area (Å²) in [6, 6.07) is 9.78. The second-order valence-electron chi connectivity index (χ2n) is 5.21. The van der Waals surface area contributed by atoms with Crippen molar-refractivity contribution in [2.75, 3.05) is 23.2 Å². The summed E-state index contributed by atoms with van der Waals surface area (Å²) in [6.45, 7) is 3.07. The second-order valence-corrected chi connectivity index (χ2v) is 7.27. The summed E-state index contributed by atoms with van der Waals surface area (Å²) >= 11 is 5.94. The van der Waals surface area contributed by atoms with E-state index in [1.165, 1.54) is 12.1 Å². The van der Waals surface area contributed by atoms with Crippen molar-refractivity contribution in [2.24, 2.45) is 0 Å². The van der Waals surface area contributed by atoms with Gasteiger partial charge in [-0.2, -0.15) is 0 Å². The minimum absolute atomic E-state index is 0.0348. The Morgan fingerprint density at radius 3 is 2.57 bits per heavy atom. The van der Waals surface area contributed by atoms with E-state index in [2.05, 4.69) is 21.5 Å². The fourth-order valence-corrected chi connectivity index (χ4v) is 3.58. The molecule has 23 heavy (non-hydrogen) atoms. The SMILES string of the molecule is CCCCN(C)c1ccc(NS(=O)(=O)c2ccccc2Cl)nc1. The van der Waals surface area contributed by atoms with Crippen molar-refractivity contribution in [2.45, 2.75) is 24.7 Å². The minimum atomic E-state index is -3.75. The van der Waals surface area contributed by atoms with Crippen LogP contribution in [0.2, 0.25) is 5.02 Å². The van der Waals surface area contributed by atoms with Crippen molar-refractivity contribution >= 4 is 33.1 Å². The third kappa shape index (κ3) is 4.59. The zero-order valence-corrected chi connectivity index (χ0v) is 14.7. The molecule has 1 N–H and O–H groups in total. The lowest BCUT2D eigenvalue weighted by Gasteiger charge is -2.18. The van der Waals surface area contributed by atoms with Crippen LogP contribution in [0.15, 0.2) is 47.5 Å². The van der Waals surface area contributed by atoms with Crippen LogP contribution in [0.25, 0.3) is 0 Å². The van der Waals surface area contributed by atoms with Gasteiger partial charge in [0.15, 0.2) is 0 Å². The first-order valence-corrected chi connectivity index (χ1v) is 9.24. The number of aromatic nitrogens is 1. The molecule has 0 atom stereocenters.